The lowest BCUT2D eigenvalue weighted by molar-refractivity contribution is 0.0861. The maximum absolute atomic E-state index is 13.7. The molecule has 0 radical (unpaired) electrons. The fraction of sp³-hybridized carbons (Fsp3) is 0.333. The summed E-state index contributed by atoms with van der Waals surface area (Å²) in [6.07, 6.45) is 4.94. The zero-order valence-electron chi connectivity index (χ0n) is 17.6. The maximum Gasteiger partial charge on any atom is 0.201 e. The molecular weight excluding hydrogens is 428 g/mol. The van der Waals surface area contributed by atoms with Crippen LogP contribution in [0.4, 0.5) is 17.6 Å². The van der Waals surface area contributed by atoms with Gasteiger partial charge in [-0.15, -0.1) is 0 Å². The normalized spacial score (nSPS) is 14.2. The van der Waals surface area contributed by atoms with Crippen LogP contribution < -0.4 is 0 Å². The Bertz CT molecular complexity index is 1180. The molecule has 0 atom stereocenters. The Hall–Kier alpha value is -3.16. The van der Waals surface area contributed by atoms with Crippen molar-refractivity contribution in [1.82, 2.24) is 0 Å². The van der Waals surface area contributed by atoms with E-state index in [0.717, 1.165) is 51.2 Å². The van der Waals surface area contributed by atoms with Crippen LogP contribution in [-0.2, 0) is 0 Å². The van der Waals surface area contributed by atoms with E-state index >= 15 is 0 Å². The van der Waals surface area contributed by atoms with Crippen molar-refractivity contribution in [2.24, 2.45) is 5.92 Å². The quantitative estimate of drug-likeness (QED) is 0.358. The summed E-state index contributed by atoms with van der Waals surface area (Å²) < 4.78 is 57.4. The minimum Gasteiger partial charge on any atom is -0.504 e. The number of Topliss-reactive ketones (excluding diaryl/α,β-unsaturated/α-hetero) is 2. The highest BCUT2D eigenvalue weighted by Gasteiger charge is 2.28. The predicted molar refractivity (Wildman–Crippen MR) is 110 cm³/mol. The molecule has 1 N–H and O–H groups in total. The highest BCUT2D eigenvalue weighted by Crippen LogP contribution is 2.33. The van der Waals surface area contributed by atoms with Crippen LogP contribution in [0.15, 0.2) is 28.7 Å². The van der Waals surface area contributed by atoms with E-state index in [-0.39, 0.29) is 28.6 Å². The van der Waals surface area contributed by atoms with Crippen molar-refractivity contribution in [2.45, 2.75) is 46.0 Å². The van der Waals surface area contributed by atoms with Gasteiger partial charge in [0.1, 0.15) is 11.6 Å². The second-order valence-electron chi connectivity index (χ2n) is 7.86. The van der Waals surface area contributed by atoms with Crippen LogP contribution in [0.5, 0.6) is 5.75 Å². The molecule has 1 aromatic heterocycles. The van der Waals surface area contributed by atoms with Gasteiger partial charge in [0.05, 0.1) is 5.56 Å². The number of phenolic OH excluding ortho intramolecular Hbond substituents is 1. The largest absolute Gasteiger partial charge is 0.504 e. The third-order valence-electron chi connectivity index (χ3n) is 5.56. The summed E-state index contributed by atoms with van der Waals surface area (Å²) in [6.45, 7) is 2.80. The van der Waals surface area contributed by atoms with Gasteiger partial charge in [-0.25, -0.2) is 17.6 Å². The molecule has 1 aliphatic rings. The smallest absolute Gasteiger partial charge is 0.201 e. The van der Waals surface area contributed by atoms with Crippen LogP contribution in [-0.4, -0.2) is 16.7 Å². The molecule has 0 saturated heterocycles. The number of carbonyl (C=O) groups excluding carboxylic acids is 2. The lowest BCUT2D eigenvalue weighted by Gasteiger charge is -2.19. The van der Waals surface area contributed by atoms with Crippen molar-refractivity contribution < 1.29 is 36.7 Å². The van der Waals surface area contributed by atoms with Gasteiger partial charge < -0.3 is 9.52 Å². The third-order valence-corrected chi connectivity index (χ3v) is 5.56. The van der Waals surface area contributed by atoms with E-state index in [1.54, 1.807) is 6.92 Å². The summed E-state index contributed by atoms with van der Waals surface area (Å²) in [6, 6.07) is 3.30. The average molecular weight is 450 g/mol. The zero-order valence-corrected chi connectivity index (χ0v) is 17.6. The van der Waals surface area contributed by atoms with Crippen molar-refractivity contribution in [3.63, 3.8) is 0 Å². The summed E-state index contributed by atoms with van der Waals surface area (Å²) >= 11 is 0. The van der Waals surface area contributed by atoms with E-state index in [0.29, 0.717) is 17.0 Å². The van der Waals surface area contributed by atoms with Crippen molar-refractivity contribution in [3.05, 3.63) is 64.4 Å². The Morgan fingerprint density at radius 1 is 0.938 bits per heavy atom. The number of halogens is 4. The summed E-state index contributed by atoms with van der Waals surface area (Å²) in [5.74, 6) is -4.72. The summed E-state index contributed by atoms with van der Waals surface area (Å²) in [7, 11) is 0. The van der Waals surface area contributed by atoms with Crippen LogP contribution >= 0.6 is 0 Å². The van der Waals surface area contributed by atoms with Crippen molar-refractivity contribution >= 4 is 22.5 Å². The number of rotatable bonds is 3. The van der Waals surface area contributed by atoms with E-state index in [1.165, 1.54) is 6.07 Å². The molecule has 4 nitrogen and oxygen atoms in total. The summed E-state index contributed by atoms with van der Waals surface area (Å²) in [5, 5.41) is 9.28. The third kappa shape index (κ3) is 4.84. The molecule has 0 unspecified atom stereocenters. The van der Waals surface area contributed by atoms with Gasteiger partial charge in [0.25, 0.3) is 0 Å². The zero-order chi connectivity index (χ0) is 23.6. The van der Waals surface area contributed by atoms with Gasteiger partial charge in [-0.3, -0.25) is 9.59 Å². The number of ketones is 2. The number of fused-ring (bicyclic) bond motifs is 1. The summed E-state index contributed by atoms with van der Waals surface area (Å²) in [5.41, 5.74) is 0.171. The standard InChI is InChI=1S/C16H16F2O2.C8H6F2O2/c1-9-12-7-11(17)8-13(18)16(12)20-15(9)14(19)10-5-3-2-4-6-10;1-4(11)6-2-5(9)3-7(10)8(6)12/h7-8,10H,2-6H2,1H3;2-3,12H,1H3. The Kier molecular flexibility index (Phi) is 7.01. The van der Waals surface area contributed by atoms with Gasteiger partial charge in [-0.2, -0.15) is 0 Å². The number of benzene rings is 2. The number of hydrogen-bond acceptors (Lipinski definition) is 4. The van der Waals surface area contributed by atoms with E-state index in [1.807, 2.05) is 0 Å². The van der Waals surface area contributed by atoms with Crippen molar-refractivity contribution in [3.8, 4) is 5.75 Å². The van der Waals surface area contributed by atoms with Gasteiger partial charge in [-0.05, 0) is 38.8 Å². The van der Waals surface area contributed by atoms with Crippen molar-refractivity contribution in [2.75, 3.05) is 0 Å². The lowest BCUT2D eigenvalue weighted by Crippen LogP contribution is -2.17. The SMILES string of the molecule is CC(=O)c1cc(F)cc(F)c1O.Cc1c(C(=O)C2CCCCC2)oc2c(F)cc(F)cc12. The molecule has 3 aromatic rings. The Morgan fingerprint density at radius 3 is 2.16 bits per heavy atom. The van der Waals surface area contributed by atoms with Gasteiger partial charge in [0, 0.05) is 29.0 Å². The number of phenols is 1. The van der Waals surface area contributed by atoms with Crippen LogP contribution in [0.3, 0.4) is 0 Å². The molecule has 2 aromatic carbocycles. The molecule has 0 aliphatic heterocycles. The Labute approximate surface area is 181 Å². The molecule has 1 heterocycles. The molecule has 8 heteroatoms. The van der Waals surface area contributed by atoms with E-state index in [9.17, 15) is 27.2 Å². The van der Waals surface area contributed by atoms with Crippen molar-refractivity contribution in [1.29, 1.82) is 0 Å². The number of furan rings is 1. The number of hydrogen-bond donors (Lipinski definition) is 1. The number of aryl methyl sites for hydroxylation is 1. The summed E-state index contributed by atoms with van der Waals surface area (Å²) in [4.78, 5) is 23.2. The molecular formula is C24H22F4O4. The molecule has 1 fully saturated rings. The van der Waals surface area contributed by atoms with E-state index < -0.39 is 34.8 Å². The first kappa shape index (κ1) is 23.5. The maximum atomic E-state index is 13.7. The highest BCUT2D eigenvalue weighted by atomic mass is 19.1. The molecule has 1 saturated carbocycles. The lowest BCUT2D eigenvalue weighted by atomic mass is 9.85. The van der Waals surface area contributed by atoms with Crippen LogP contribution in [0.2, 0.25) is 0 Å². The monoisotopic (exact) mass is 450 g/mol. The second-order valence-corrected chi connectivity index (χ2v) is 7.86. The fourth-order valence-corrected chi connectivity index (χ4v) is 3.86. The van der Waals surface area contributed by atoms with Crippen LogP contribution in [0.1, 0.15) is 65.5 Å². The highest BCUT2D eigenvalue weighted by molar-refractivity contribution is 6.01. The first-order valence-corrected chi connectivity index (χ1v) is 10.2. The molecule has 32 heavy (non-hydrogen) atoms. The minimum absolute atomic E-state index is 0.0249. The molecule has 0 amide bonds. The molecule has 170 valence electrons. The first-order chi connectivity index (χ1) is 15.1. The van der Waals surface area contributed by atoms with Crippen LogP contribution in [0.25, 0.3) is 11.0 Å². The minimum atomic E-state index is -1.12. The second kappa shape index (κ2) is 9.54. The average Bonchev–Trinajstić information content (AvgIpc) is 3.08. The molecule has 0 bridgehead atoms. The van der Waals surface area contributed by atoms with Gasteiger partial charge >= 0.3 is 0 Å². The van der Waals surface area contributed by atoms with E-state index in [4.69, 9.17) is 9.52 Å². The number of carbonyl (C=O) groups is 2. The van der Waals surface area contributed by atoms with Gasteiger partial charge in [-0.1, -0.05) is 19.3 Å². The molecule has 1 aliphatic carbocycles. The molecule has 0 spiro atoms. The predicted octanol–water partition coefficient (Wildman–Crippen LogP) is 6.66. The Balaban J connectivity index is 0.000000207. The van der Waals surface area contributed by atoms with E-state index in [2.05, 4.69) is 0 Å². The molecule has 4 rings (SSSR count). The van der Waals surface area contributed by atoms with Crippen LogP contribution in [0, 0.1) is 36.1 Å². The number of aromatic hydroxyl groups is 1. The first-order valence-electron chi connectivity index (χ1n) is 10.2. The van der Waals surface area contributed by atoms with Gasteiger partial charge in [0.2, 0.25) is 5.78 Å². The Morgan fingerprint density at radius 2 is 1.53 bits per heavy atom. The fourth-order valence-electron chi connectivity index (χ4n) is 3.86. The van der Waals surface area contributed by atoms with Gasteiger partial charge in [0.15, 0.2) is 34.5 Å². The topological polar surface area (TPSA) is 67.5 Å².